The first-order valence-electron chi connectivity index (χ1n) is 2.58. The second kappa shape index (κ2) is 23.0. The summed E-state index contributed by atoms with van der Waals surface area (Å²) >= 11 is 0. The van der Waals surface area contributed by atoms with E-state index in [-0.39, 0.29) is 11.3 Å². The molecule has 0 rings (SSSR count). The van der Waals surface area contributed by atoms with Gasteiger partial charge in [0.15, 0.2) is 0 Å². The van der Waals surface area contributed by atoms with Gasteiger partial charge in [-0.1, -0.05) is 0 Å². The van der Waals surface area contributed by atoms with Crippen LogP contribution in [0.2, 0.25) is 0 Å². The molecular formula is C6H16O5. The fourth-order valence-electron chi connectivity index (χ4n) is 0. The molecule has 0 saturated heterocycles. The number of carbonyl (C=O) groups excluding carboxylic acids is 1. The summed E-state index contributed by atoms with van der Waals surface area (Å²) in [6.45, 7) is 4.14. The summed E-state index contributed by atoms with van der Waals surface area (Å²) in [6.07, 6.45) is 0. The summed E-state index contributed by atoms with van der Waals surface area (Å²) in [5.74, 6) is -0.667. The third-order valence-electron chi connectivity index (χ3n) is 0. The SMILES string of the molecule is CC(=O)O.CC(C)=O.CO.O. The zero-order chi connectivity index (χ0) is 9.15. The number of hydrogen-bond acceptors (Lipinski definition) is 3. The first-order valence-corrected chi connectivity index (χ1v) is 2.58. The molecule has 70 valence electrons. The van der Waals surface area contributed by atoms with Crippen LogP contribution in [0.5, 0.6) is 0 Å². The average molecular weight is 168 g/mol. The van der Waals surface area contributed by atoms with E-state index in [1.165, 1.54) is 13.8 Å². The van der Waals surface area contributed by atoms with Crippen LogP contribution in [0.4, 0.5) is 0 Å². The fourth-order valence-corrected chi connectivity index (χ4v) is 0. The molecule has 0 aliphatic heterocycles. The summed E-state index contributed by atoms with van der Waals surface area (Å²) in [5.41, 5.74) is 0. The van der Waals surface area contributed by atoms with Crippen molar-refractivity contribution in [1.82, 2.24) is 0 Å². The number of Topliss-reactive ketones (excluding diaryl/α,β-unsaturated/α-hetero) is 1. The Morgan fingerprint density at radius 2 is 1.00 bits per heavy atom. The maximum Gasteiger partial charge on any atom is 0.300 e. The van der Waals surface area contributed by atoms with Crippen LogP contribution < -0.4 is 0 Å². The Balaban J connectivity index is -0.0000000339. The van der Waals surface area contributed by atoms with E-state index in [1.807, 2.05) is 0 Å². The molecular weight excluding hydrogens is 152 g/mol. The standard InChI is InChI=1S/C3H6O.C2H4O2.CH4O.H2O/c1-3(2)4;1-2(3)4;1-2;/h1-2H3;1H3,(H,3,4);2H,1H3;1H2. The number of hydrogen-bond donors (Lipinski definition) is 2. The van der Waals surface area contributed by atoms with E-state index in [0.717, 1.165) is 14.0 Å². The molecule has 0 atom stereocenters. The van der Waals surface area contributed by atoms with Gasteiger partial charge in [-0.15, -0.1) is 0 Å². The molecule has 0 fully saturated rings. The normalized spacial score (nSPS) is 5.18. The maximum absolute atomic E-state index is 9.44. The topological polar surface area (TPSA) is 106 Å². The van der Waals surface area contributed by atoms with Crippen molar-refractivity contribution < 1.29 is 25.3 Å². The molecule has 11 heavy (non-hydrogen) atoms. The third kappa shape index (κ3) is 511. The van der Waals surface area contributed by atoms with Gasteiger partial charge in [-0.3, -0.25) is 4.79 Å². The molecule has 5 nitrogen and oxygen atoms in total. The first kappa shape index (κ1) is 22.5. The van der Waals surface area contributed by atoms with E-state index >= 15 is 0 Å². The molecule has 0 radical (unpaired) electrons. The molecule has 0 aromatic carbocycles. The zero-order valence-corrected chi connectivity index (χ0v) is 7.21. The van der Waals surface area contributed by atoms with Gasteiger partial charge in [0.2, 0.25) is 0 Å². The van der Waals surface area contributed by atoms with Crippen LogP contribution in [0.15, 0.2) is 0 Å². The molecule has 5 heteroatoms. The minimum absolute atomic E-state index is 0. The molecule has 0 aliphatic rings. The lowest BCUT2D eigenvalue weighted by atomic mass is 10.6. The van der Waals surface area contributed by atoms with Crippen molar-refractivity contribution in [2.45, 2.75) is 20.8 Å². The van der Waals surface area contributed by atoms with Crippen LogP contribution in [-0.2, 0) is 9.59 Å². The molecule has 4 N–H and O–H groups in total. The maximum atomic E-state index is 9.44. The van der Waals surface area contributed by atoms with Gasteiger partial charge in [-0.25, -0.2) is 0 Å². The number of aliphatic carboxylic acids is 1. The van der Waals surface area contributed by atoms with Gasteiger partial charge in [-0.2, -0.15) is 0 Å². The van der Waals surface area contributed by atoms with Crippen molar-refractivity contribution in [3.63, 3.8) is 0 Å². The van der Waals surface area contributed by atoms with E-state index in [9.17, 15) is 4.79 Å². The highest BCUT2D eigenvalue weighted by atomic mass is 16.4. The number of carboxylic acid groups (broad SMARTS) is 1. The molecule has 0 spiro atoms. The van der Waals surface area contributed by atoms with Gasteiger partial charge >= 0.3 is 0 Å². The first-order chi connectivity index (χ1) is 4.46. The largest absolute Gasteiger partial charge is 0.481 e. The molecule has 0 heterocycles. The highest BCUT2D eigenvalue weighted by Gasteiger charge is 1.65. The van der Waals surface area contributed by atoms with Crippen molar-refractivity contribution in [3.05, 3.63) is 0 Å². The summed E-state index contributed by atoms with van der Waals surface area (Å²) in [7, 11) is 1.00. The van der Waals surface area contributed by atoms with Crippen molar-refractivity contribution in [2.75, 3.05) is 7.11 Å². The number of ketones is 1. The Morgan fingerprint density at radius 1 is 1.00 bits per heavy atom. The van der Waals surface area contributed by atoms with E-state index in [1.54, 1.807) is 0 Å². The second-order valence-corrected chi connectivity index (χ2v) is 1.43. The van der Waals surface area contributed by atoms with Crippen molar-refractivity contribution in [2.24, 2.45) is 0 Å². The highest BCUT2D eigenvalue weighted by molar-refractivity contribution is 5.72. The van der Waals surface area contributed by atoms with Crippen molar-refractivity contribution >= 4 is 11.8 Å². The molecule has 0 amide bonds. The van der Waals surface area contributed by atoms with Crippen LogP contribution in [-0.4, -0.2) is 34.6 Å². The van der Waals surface area contributed by atoms with Gasteiger partial charge in [0.05, 0.1) is 0 Å². The average Bonchev–Trinajstić information content (AvgIpc) is 1.66. The summed E-state index contributed by atoms with van der Waals surface area (Å²) in [6, 6.07) is 0. The predicted octanol–water partition coefficient (Wildman–Crippen LogP) is -0.530. The van der Waals surface area contributed by atoms with Crippen molar-refractivity contribution in [3.8, 4) is 0 Å². The molecule has 0 bridgehead atoms. The summed E-state index contributed by atoms with van der Waals surface area (Å²) in [5, 5.41) is 14.4. The lowest BCUT2D eigenvalue weighted by molar-refractivity contribution is -0.134. The second-order valence-electron chi connectivity index (χ2n) is 1.43. The predicted molar refractivity (Wildman–Crippen MR) is 41.4 cm³/mol. The third-order valence-corrected chi connectivity index (χ3v) is 0. The Morgan fingerprint density at radius 3 is 1.00 bits per heavy atom. The Kier molecular flexibility index (Phi) is 47.0. The van der Waals surface area contributed by atoms with E-state index in [0.29, 0.717) is 0 Å². The lowest BCUT2D eigenvalue weighted by Crippen LogP contribution is -1.78. The minimum Gasteiger partial charge on any atom is -0.481 e. The number of rotatable bonds is 0. The van der Waals surface area contributed by atoms with Crippen molar-refractivity contribution in [1.29, 1.82) is 0 Å². The molecule has 0 aliphatic carbocycles. The molecule has 0 aromatic heterocycles. The quantitative estimate of drug-likeness (QED) is 0.507. The van der Waals surface area contributed by atoms with Crippen LogP contribution in [0, 0.1) is 0 Å². The van der Waals surface area contributed by atoms with Gasteiger partial charge in [0.1, 0.15) is 5.78 Å². The van der Waals surface area contributed by atoms with Gasteiger partial charge in [0, 0.05) is 14.0 Å². The van der Waals surface area contributed by atoms with Crippen LogP contribution in [0.25, 0.3) is 0 Å². The van der Waals surface area contributed by atoms with Gasteiger partial charge in [0.25, 0.3) is 5.97 Å². The minimum atomic E-state index is -0.833. The van der Waals surface area contributed by atoms with E-state index < -0.39 is 5.97 Å². The monoisotopic (exact) mass is 168 g/mol. The highest BCUT2D eigenvalue weighted by Crippen LogP contribution is 1.50. The fraction of sp³-hybridized carbons (Fsp3) is 0.667. The Hall–Kier alpha value is -0.940. The number of carboxylic acids is 1. The Labute approximate surface area is 66.0 Å². The lowest BCUT2D eigenvalue weighted by Gasteiger charge is -1.59. The van der Waals surface area contributed by atoms with Crippen LogP contribution >= 0.6 is 0 Å². The Bertz CT molecular complexity index is 69.0. The van der Waals surface area contributed by atoms with Crippen LogP contribution in [0.3, 0.4) is 0 Å². The number of aliphatic hydroxyl groups excluding tert-OH is 1. The van der Waals surface area contributed by atoms with Crippen LogP contribution in [0.1, 0.15) is 20.8 Å². The van der Waals surface area contributed by atoms with Gasteiger partial charge in [-0.05, 0) is 13.8 Å². The summed E-state index contributed by atoms with van der Waals surface area (Å²) in [4.78, 5) is 18.4. The van der Waals surface area contributed by atoms with Gasteiger partial charge < -0.3 is 20.5 Å². The molecule has 0 saturated carbocycles. The zero-order valence-electron chi connectivity index (χ0n) is 7.21. The van der Waals surface area contributed by atoms with E-state index in [2.05, 4.69) is 0 Å². The molecule has 0 unspecified atom stereocenters. The number of carbonyl (C=O) groups is 2. The van der Waals surface area contributed by atoms with E-state index in [4.69, 9.17) is 15.0 Å². The summed E-state index contributed by atoms with van der Waals surface area (Å²) < 4.78 is 0. The molecule has 0 aromatic rings. The smallest absolute Gasteiger partial charge is 0.300 e. The number of aliphatic hydroxyl groups is 1.